The van der Waals surface area contributed by atoms with Gasteiger partial charge in [0.05, 0.1) is 48.5 Å². The molecule has 26 atom stereocenters. The first-order valence-electron chi connectivity index (χ1n) is 30.1. The van der Waals surface area contributed by atoms with Gasteiger partial charge in [0, 0.05) is 46.7 Å². The predicted octanol–water partition coefficient (Wildman–Crippen LogP) is 7.14. The van der Waals surface area contributed by atoms with E-state index in [1.54, 1.807) is 6.26 Å². The van der Waals surface area contributed by atoms with E-state index in [1.807, 2.05) is 6.07 Å². The van der Waals surface area contributed by atoms with Crippen molar-refractivity contribution in [3.8, 4) is 0 Å². The second-order valence-electron chi connectivity index (χ2n) is 28.9. The summed E-state index contributed by atoms with van der Waals surface area (Å²) in [7, 11) is 0. The lowest BCUT2D eigenvalue weighted by atomic mass is 9.32. The molecule has 0 amide bonds. The minimum absolute atomic E-state index is 0.0536. The lowest BCUT2D eigenvalue weighted by Crippen LogP contribution is -2.80. The second kappa shape index (κ2) is 14.7. The van der Waals surface area contributed by atoms with E-state index < -0.39 is 80.7 Å². The fraction of sp³-hybridized carbons (Fsp3) is 0.790. The van der Waals surface area contributed by atoms with Crippen molar-refractivity contribution >= 4 is 17.7 Å². The fourth-order valence-electron chi connectivity index (χ4n) is 25.2. The van der Waals surface area contributed by atoms with Crippen LogP contribution >= 0.6 is 0 Å². The Morgan fingerprint density at radius 2 is 1.81 bits per heavy atom. The lowest BCUT2D eigenvalue weighted by molar-refractivity contribution is -0.281. The number of allylic oxidation sites excluding steroid dienone is 3. The topological polar surface area (TPSA) is 181 Å². The molecule has 75 heavy (non-hydrogen) atoms. The van der Waals surface area contributed by atoms with Crippen molar-refractivity contribution < 1.29 is 53.1 Å². The number of aliphatic hydroxyl groups excluding tert-OH is 3. The molecular formula is C62H78N2O11. The zero-order chi connectivity index (χ0) is 50.8. The van der Waals surface area contributed by atoms with E-state index in [9.17, 15) is 20.1 Å². The molecule has 1 aromatic rings. The first-order chi connectivity index (χ1) is 36.2. The smallest absolute Gasteiger partial charge is 0.339 e. The number of hydrogen-bond donors (Lipinski definition) is 4. The van der Waals surface area contributed by atoms with E-state index in [2.05, 4.69) is 61.5 Å². The number of ether oxygens (including phenoxy) is 4. The highest BCUT2D eigenvalue weighted by molar-refractivity contribution is 5.94. The van der Waals surface area contributed by atoms with Gasteiger partial charge in [-0.05, 0) is 166 Å². The number of fused-ring (bicyclic) bond motifs is 5. The van der Waals surface area contributed by atoms with Gasteiger partial charge in [0.1, 0.15) is 35.8 Å². The van der Waals surface area contributed by atoms with Gasteiger partial charge in [-0.3, -0.25) is 14.9 Å². The van der Waals surface area contributed by atoms with Gasteiger partial charge in [0.2, 0.25) is 0 Å². The monoisotopic (exact) mass is 1030 g/mol. The molecule has 1 aromatic heterocycles. The first kappa shape index (κ1) is 46.6. The van der Waals surface area contributed by atoms with Gasteiger partial charge in [-0.15, -0.1) is 0 Å². The van der Waals surface area contributed by atoms with E-state index in [0.29, 0.717) is 60.7 Å². The molecule has 4 N–H and O–H groups in total. The zero-order valence-electron chi connectivity index (χ0n) is 44.1. The van der Waals surface area contributed by atoms with Gasteiger partial charge in [-0.25, -0.2) is 4.79 Å². The van der Waals surface area contributed by atoms with E-state index in [0.717, 1.165) is 83.0 Å². The van der Waals surface area contributed by atoms with Crippen LogP contribution in [-0.4, -0.2) is 106 Å². The quantitative estimate of drug-likeness (QED) is 0.129. The number of ketones is 1. The third kappa shape index (κ3) is 4.94. The Bertz CT molecular complexity index is 2810. The molecule has 402 valence electrons. The van der Waals surface area contributed by atoms with Crippen LogP contribution in [-0.2, 0) is 39.8 Å². The number of furan rings is 1. The summed E-state index contributed by atoms with van der Waals surface area (Å²) in [4.78, 5) is 49.5. The molecule has 16 aliphatic rings. The molecule has 8 saturated carbocycles. The van der Waals surface area contributed by atoms with E-state index >= 15 is 9.59 Å². The van der Waals surface area contributed by atoms with Gasteiger partial charge in [0.25, 0.3) is 0 Å². The highest BCUT2D eigenvalue weighted by atomic mass is 16.7. The van der Waals surface area contributed by atoms with Crippen molar-refractivity contribution in [2.75, 3.05) is 26.4 Å². The highest BCUT2D eigenvalue weighted by Crippen LogP contribution is 2.90. The number of epoxide rings is 1. The summed E-state index contributed by atoms with van der Waals surface area (Å²) in [6.07, 6.45) is 24.3. The third-order valence-corrected chi connectivity index (χ3v) is 27.4. The molecular weight excluding hydrogens is 949 g/mol. The number of hydrogen-bond acceptors (Lipinski definition) is 13. The largest absolute Gasteiger partial charge is 0.469 e. The van der Waals surface area contributed by atoms with Crippen molar-refractivity contribution in [1.29, 1.82) is 0 Å². The number of nitrogens with zero attached hydrogens (tertiary/aromatic N) is 1. The number of esters is 2. The second-order valence-corrected chi connectivity index (χ2v) is 28.9. The Morgan fingerprint density at radius 3 is 2.68 bits per heavy atom. The number of Topliss-reactive ketones (excluding diaryl/α,β-unsaturated/α-hetero) is 1. The molecule has 5 bridgehead atoms. The van der Waals surface area contributed by atoms with Crippen molar-refractivity contribution in [2.24, 2.45) is 104 Å². The average molecular weight is 1030 g/mol. The average Bonchev–Trinajstić information content (AvgIpc) is 2.96. The van der Waals surface area contributed by atoms with Crippen molar-refractivity contribution in [3.63, 3.8) is 0 Å². The molecule has 17 rings (SSSR count). The van der Waals surface area contributed by atoms with E-state index in [-0.39, 0.29) is 65.9 Å². The molecule has 7 aliphatic heterocycles. The van der Waals surface area contributed by atoms with Crippen LogP contribution in [0.2, 0.25) is 0 Å². The summed E-state index contributed by atoms with van der Waals surface area (Å²) < 4.78 is 35.7. The molecule has 9 aliphatic carbocycles. The summed E-state index contributed by atoms with van der Waals surface area (Å²) in [5.41, 5.74) is -5.30. The molecule has 0 unspecified atom stereocenters. The Labute approximate surface area is 440 Å². The van der Waals surface area contributed by atoms with Crippen LogP contribution in [0, 0.1) is 104 Å². The SMILES string of the molecule is C[C@H]1[C@@H]2CCC[C@H]2C=C[C@]12CCC[C@]13O[C@]45C(=C[C@@H]21)C[C@H]1CCC[C@]12C[C@@H]1C[C@@]6(C)[C@H](c7ccoc7C[C@@H]([C@@H]7CC[C@@H]8[C@H](C=CN9CNC[C@@H]89)C7)[C@H](O)CO)OC(=O)[C@H]7O[C@]76[C@]6(C)[C@H](O)C(=O)[C@H]3[C@@]4(COC(=O)[C@@H]25)[C@@H]16. The van der Waals surface area contributed by atoms with Crippen LogP contribution in [0.1, 0.15) is 135 Å². The minimum Gasteiger partial charge on any atom is -0.469 e. The van der Waals surface area contributed by atoms with Crippen molar-refractivity contribution in [2.45, 2.75) is 171 Å². The summed E-state index contributed by atoms with van der Waals surface area (Å²) >= 11 is 0. The van der Waals surface area contributed by atoms with Crippen molar-refractivity contribution in [1.82, 2.24) is 10.2 Å². The lowest BCUT2D eigenvalue weighted by Gasteiger charge is -2.70. The third-order valence-electron chi connectivity index (χ3n) is 27.4. The molecule has 6 spiro atoms. The van der Waals surface area contributed by atoms with Crippen LogP contribution < -0.4 is 5.32 Å². The van der Waals surface area contributed by atoms with Crippen LogP contribution in [0.25, 0.3) is 0 Å². The Hall–Kier alpha value is -3.33. The number of cyclic esters (lactones) is 2. The van der Waals surface area contributed by atoms with Crippen LogP contribution in [0.4, 0.5) is 0 Å². The molecule has 0 radical (unpaired) electrons. The maximum Gasteiger partial charge on any atom is 0.339 e. The van der Waals surface area contributed by atoms with Gasteiger partial charge >= 0.3 is 11.9 Å². The maximum atomic E-state index is 16.7. The molecule has 0 aromatic carbocycles. The molecule has 13 heteroatoms. The van der Waals surface area contributed by atoms with Crippen LogP contribution in [0.15, 0.2) is 52.8 Å². The Morgan fingerprint density at radius 1 is 0.933 bits per heavy atom. The normalized spacial score (nSPS) is 57.0. The van der Waals surface area contributed by atoms with Crippen LogP contribution in [0.3, 0.4) is 0 Å². The van der Waals surface area contributed by atoms with Crippen LogP contribution in [0.5, 0.6) is 0 Å². The summed E-state index contributed by atoms with van der Waals surface area (Å²) in [5.74, 6) is 0.352. The number of rotatable bonds is 6. The van der Waals surface area contributed by atoms with Crippen molar-refractivity contribution in [3.05, 3.63) is 59.7 Å². The molecule has 13 nitrogen and oxygen atoms in total. The summed E-state index contributed by atoms with van der Waals surface area (Å²) in [6, 6.07) is 2.40. The zero-order valence-corrected chi connectivity index (χ0v) is 44.1. The summed E-state index contributed by atoms with van der Waals surface area (Å²) in [5, 5.41) is 39.8. The predicted molar refractivity (Wildman–Crippen MR) is 269 cm³/mol. The van der Waals surface area contributed by atoms with Gasteiger partial charge in [-0.2, -0.15) is 0 Å². The molecule has 8 heterocycles. The van der Waals surface area contributed by atoms with Gasteiger partial charge in [-0.1, -0.05) is 57.9 Å². The van der Waals surface area contributed by atoms with Gasteiger partial charge < -0.3 is 43.6 Å². The van der Waals surface area contributed by atoms with E-state index in [1.165, 1.54) is 24.8 Å². The number of carbonyl (C=O) groups is 3. The fourth-order valence-corrected chi connectivity index (χ4v) is 25.2. The Kier molecular flexibility index (Phi) is 9.14. The molecule has 5 saturated heterocycles. The minimum atomic E-state index is -1.49. The first-order valence-corrected chi connectivity index (χ1v) is 30.1. The molecule has 13 fully saturated rings. The maximum absolute atomic E-state index is 16.7. The number of carbonyl (C=O) groups excluding carboxylic acids is 3. The summed E-state index contributed by atoms with van der Waals surface area (Å²) in [6.45, 7) is 8.30. The Balaban J connectivity index is 0.811. The standard InChI is InChI=1S/C62H78N2O11/c1-31-38-9-4-7-32(38)12-18-57(31)16-6-17-60-45(57)23-37-22-36-8-5-15-58(36)26-35-25-55(2)51(40-14-20-71-44(40)24-41(43(66)28-65)33-10-11-39-34(21-33)13-19-64-30-63-27-42(39)64)73-54(70)52-62(55,74-52)56(3)47(35)59(48(60)46(67)50(56)68)29-72-53(69)49(58)61(37,59)75-60/h12-14,18-20,23,31-36,38-39,41-43,45,47-52,63,65-66,68H,4-11,15-17,21-22,24-30H2,1-3H3/t31-,32-,33+,34+,35-,36+,38-,39+,41-,42-,43+,45-,47-,48-,49-,50+,51-,52+,55-,56-,57+,58-,59+,60-,61-,62+/m0/s1. The highest BCUT2D eigenvalue weighted by Gasteiger charge is 2.98. The number of nitrogens with one attached hydrogen (secondary N) is 1. The van der Waals surface area contributed by atoms with Gasteiger partial charge in [0.15, 0.2) is 11.9 Å². The van der Waals surface area contributed by atoms with E-state index in [4.69, 9.17) is 23.4 Å². The number of aliphatic hydroxyl groups is 3.